The maximum atomic E-state index is 5.68. The molecule has 0 saturated carbocycles. The van der Waals surface area contributed by atoms with E-state index in [0.717, 1.165) is 22.2 Å². The molecule has 0 aliphatic rings. The van der Waals surface area contributed by atoms with Gasteiger partial charge < -0.3 is 4.74 Å². The van der Waals surface area contributed by atoms with Crippen LogP contribution < -0.4 is 16.0 Å². The first-order chi connectivity index (χ1) is 9.24. The van der Waals surface area contributed by atoms with Gasteiger partial charge in [0.1, 0.15) is 5.75 Å². The zero-order chi connectivity index (χ0) is 13.7. The van der Waals surface area contributed by atoms with E-state index in [1.807, 2.05) is 36.4 Å². The van der Waals surface area contributed by atoms with Crippen LogP contribution in [0.1, 0.15) is 17.2 Å². The number of rotatable bonds is 5. The van der Waals surface area contributed by atoms with Crippen LogP contribution in [-0.4, -0.2) is 7.11 Å². The van der Waals surface area contributed by atoms with E-state index in [4.69, 9.17) is 10.6 Å². The van der Waals surface area contributed by atoms with Crippen LogP contribution in [0.3, 0.4) is 0 Å². The molecule has 0 heterocycles. The molecule has 0 fully saturated rings. The SMILES string of the molecule is COc1ccc(Br)c(CC(NN)c2ccccc2)c1. The van der Waals surface area contributed by atoms with E-state index >= 15 is 0 Å². The van der Waals surface area contributed by atoms with Gasteiger partial charge in [-0.05, 0) is 35.7 Å². The van der Waals surface area contributed by atoms with Crippen LogP contribution in [0.25, 0.3) is 0 Å². The minimum absolute atomic E-state index is 0.0737. The first kappa shape index (κ1) is 14.1. The number of hydrogen-bond donors (Lipinski definition) is 2. The summed E-state index contributed by atoms with van der Waals surface area (Å²) in [7, 11) is 1.67. The molecule has 0 spiro atoms. The Labute approximate surface area is 121 Å². The van der Waals surface area contributed by atoms with E-state index < -0.39 is 0 Å². The molecule has 0 amide bonds. The minimum Gasteiger partial charge on any atom is -0.497 e. The van der Waals surface area contributed by atoms with Crippen molar-refractivity contribution in [1.29, 1.82) is 0 Å². The van der Waals surface area contributed by atoms with Crippen LogP contribution in [0.15, 0.2) is 53.0 Å². The Morgan fingerprint density at radius 1 is 1.21 bits per heavy atom. The second kappa shape index (κ2) is 6.70. The lowest BCUT2D eigenvalue weighted by Gasteiger charge is -2.17. The van der Waals surface area contributed by atoms with E-state index in [-0.39, 0.29) is 6.04 Å². The molecule has 2 aromatic rings. The van der Waals surface area contributed by atoms with Gasteiger partial charge in [-0.25, -0.2) is 0 Å². The van der Waals surface area contributed by atoms with Gasteiger partial charge in [-0.3, -0.25) is 11.3 Å². The zero-order valence-electron chi connectivity index (χ0n) is 10.8. The number of halogens is 1. The highest BCUT2D eigenvalue weighted by Gasteiger charge is 2.12. The zero-order valence-corrected chi connectivity index (χ0v) is 12.4. The molecule has 3 N–H and O–H groups in total. The van der Waals surface area contributed by atoms with Crippen molar-refractivity contribution >= 4 is 15.9 Å². The summed E-state index contributed by atoms with van der Waals surface area (Å²) in [6.07, 6.45) is 0.790. The van der Waals surface area contributed by atoms with Gasteiger partial charge in [-0.2, -0.15) is 0 Å². The topological polar surface area (TPSA) is 47.3 Å². The standard InChI is InChI=1S/C15H17BrN2O/c1-19-13-7-8-14(16)12(9-13)10-15(18-17)11-5-3-2-4-6-11/h2-9,15,18H,10,17H2,1H3. The molecule has 2 aromatic carbocycles. The first-order valence-corrected chi connectivity index (χ1v) is 6.87. The molecule has 0 aromatic heterocycles. The predicted octanol–water partition coefficient (Wildman–Crippen LogP) is 3.20. The van der Waals surface area contributed by atoms with Crippen molar-refractivity contribution < 1.29 is 4.74 Å². The number of nitrogens with one attached hydrogen (secondary N) is 1. The minimum atomic E-state index is 0.0737. The molecule has 0 saturated heterocycles. The predicted molar refractivity (Wildman–Crippen MR) is 80.9 cm³/mol. The van der Waals surface area contributed by atoms with Crippen molar-refractivity contribution in [3.63, 3.8) is 0 Å². The van der Waals surface area contributed by atoms with E-state index in [2.05, 4.69) is 33.5 Å². The second-order valence-electron chi connectivity index (χ2n) is 4.29. The highest BCUT2D eigenvalue weighted by Crippen LogP contribution is 2.27. The molecule has 2 rings (SSSR count). The lowest BCUT2D eigenvalue weighted by Crippen LogP contribution is -2.29. The second-order valence-corrected chi connectivity index (χ2v) is 5.15. The van der Waals surface area contributed by atoms with E-state index in [9.17, 15) is 0 Å². The molecule has 4 heteroatoms. The van der Waals surface area contributed by atoms with E-state index in [1.165, 1.54) is 5.56 Å². The molecule has 3 nitrogen and oxygen atoms in total. The first-order valence-electron chi connectivity index (χ1n) is 6.08. The summed E-state index contributed by atoms with van der Waals surface area (Å²) < 4.78 is 6.32. The van der Waals surface area contributed by atoms with Crippen molar-refractivity contribution in [3.8, 4) is 5.75 Å². The molecule has 1 unspecified atom stereocenters. The lowest BCUT2D eigenvalue weighted by molar-refractivity contribution is 0.413. The fourth-order valence-corrected chi connectivity index (χ4v) is 2.42. The fourth-order valence-electron chi connectivity index (χ4n) is 2.01. The van der Waals surface area contributed by atoms with Crippen LogP contribution in [0, 0.1) is 0 Å². The largest absolute Gasteiger partial charge is 0.497 e. The molecule has 100 valence electrons. The Hall–Kier alpha value is -1.36. The summed E-state index contributed by atoms with van der Waals surface area (Å²) >= 11 is 3.57. The molecule has 0 aliphatic carbocycles. The Kier molecular flexibility index (Phi) is 4.96. The Balaban J connectivity index is 2.23. The van der Waals surface area contributed by atoms with Crippen LogP contribution in [-0.2, 0) is 6.42 Å². The number of methoxy groups -OCH3 is 1. The number of hydrazine groups is 1. The number of ether oxygens (including phenoxy) is 1. The summed E-state index contributed by atoms with van der Waals surface area (Å²) in [5.41, 5.74) is 5.19. The molecule has 0 radical (unpaired) electrons. The Bertz CT molecular complexity index is 531. The van der Waals surface area contributed by atoms with Crippen LogP contribution in [0.4, 0.5) is 0 Å². The average molecular weight is 321 g/mol. The molecular weight excluding hydrogens is 304 g/mol. The molecule has 1 atom stereocenters. The molecule has 0 aliphatic heterocycles. The van der Waals surface area contributed by atoms with Gasteiger partial charge in [0, 0.05) is 4.47 Å². The molecule has 0 bridgehead atoms. The summed E-state index contributed by atoms with van der Waals surface area (Å²) in [5, 5.41) is 0. The van der Waals surface area contributed by atoms with Crippen LogP contribution in [0.2, 0.25) is 0 Å². The summed E-state index contributed by atoms with van der Waals surface area (Å²) in [5.74, 6) is 6.53. The van der Waals surface area contributed by atoms with Crippen molar-refractivity contribution in [2.24, 2.45) is 5.84 Å². The van der Waals surface area contributed by atoms with Crippen molar-refractivity contribution in [2.75, 3.05) is 7.11 Å². The van der Waals surface area contributed by atoms with Gasteiger partial charge in [-0.1, -0.05) is 46.3 Å². The number of hydrogen-bond acceptors (Lipinski definition) is 3. The van der Waals surface area contributed by atoms with Gasteiger partial charge in [0.2, 0.25) is 0 Å². The molecule has 19 heavy (non-hydrogen) atoms. The summed E-state index contributed by atoms with van der Waals surface area (Å²) in [6.45, 7) is 0. The number of benzene rings is 2. The Morgan fingerprint density at radius 2 is 1.95 bits per heavy atom. The summed E-state index contributed by atoms with van der Waals surface area (Å²) in [4.78, 5) is 0. The van der Waals surface area contributed by atoms with Crippen LogP contribution in [0.5, 0.6) is 5.75 Å². The third-order valence-corrected chi connectivity index (χ3v) is 3.85. The van der Waals surface area contributed by atoms with Crippen molar-refractivity contribution in [2.45, 2.75) is 12.5 Å². The third-order valence-electron chi connectivity index (χ3n) is 3.08. The van der Waals surface area contributed by atoms with E-state index in [1.54, 1.807) is 7.11 Å². The van der Waals surface area contributed by atoms with E-state index in [0.29, 0.717) is 0 Å². The van der Waals surface area contributed by atoms with Gasteiger partial charge >= 0.3 is 0 Å². The molecular formula is C15H17BrN2O. The summed E-state index contributed by atoms with van der Waals surface area (Å²) in [6, 6.07) is 16.2. The normalized spacial score (nSPS) is 12.2. The fraction of sp³-hybridized carbons (Fsp3) is 0.200. The van der Waals surface area contributed by atoms with Crippen LogP contribution >= 0.6 is 15.9 Å². The third kappa shape index (κ3) is 3.56. The number of nitrogens with two attached hydrogens (primary N) is 1. The quantitative estimate of drug-likeness (QED) is 0.657. The van der Waals surface area contributed by atoms with Gasteiger partial charge in [0.05, 0.1) is 13.2 Å². The monoisotopic (exact) mass is 320 g/mol. The van der Waals surface area contributed by atoms with Gasteiger partial charge in [0.15, 0.2) is 0 Å². The Morgan fingerprint density at radius 3 is 2.58 bits per heavy atom. The lowest BCUT2D eigenvalue weighted by atomic mass is 9.99. The van der Waals surface area contributed by atoms with Crippen molar-refractivity contribution in [3.05, 3.63) is 64.1 Å². The maximum Gasteiger partial charge on any atom is 0.119 e. The highest BCUT2D eigenvalue weighted by atomic mass is 79.9. The highest BCUT2D eigenvalue weighted by molar-refractivity contribution is 9.10. The maximum absolute atomic E-state index is 5.68. The van der Waals surface area contributed by atoms with Gasteiger partial charge in [-0.15, -0.1) is 0 Å². The van der Waals surface area contributed by atoms with Crippen molar-refractivity contribution in [1.82, 2.24) is 5.43 Å². The smallest absolute Gasteiger partial charge is 0.119 e. The van der Waals surface area contributed by atoms with Gasteiger partial charge in [0.25, 0.3) is 0 Å². The average Bonchev–Trinajstić information content (AvgIpc) is 2.47.